The Bertz CT molecular complexity index is 1330. The van der Waals surface area contributed by atoms with Gasteiger partial charge in [0.05, 0.1) is 9.90 Å². The van der Waals surface area contributed by atoms with Gasteiger partial charge < -0.3 is 10.6 Å². The van der Waals surface area contributed by atoms with E-state index in [4.69, 9.17) is 11.6 Å². The molecule has 0 bridgehead atoms. The van der Waals surface area contributed by atoms with Crippen LogP contribution >= 0.6 is 22.9 Å². The molecule has 10 heteroatoms. The molecule has 1 aliphatic heterocycles. The summed E-state index contributed by atoms with van der Waals surface area (Å²) in [6.07, 6.45) is 1.82. The van der Waals surface area contributed by atoms with Gasteiger partial charge in [0.2, 0.25) is 15.9 Å². The fourth-order valence-electron chi connectivity index (χ4n) is 3.59. The molecule has 1 aromatic heterocycles. The molecule has 0 fully saturated rings. The summed E-state index contributed by atoms with van der Waals surface area (Å²) >= 11 is 7.32. The van der Waals surface area contributed by atoms with Gasteiger partial charge in [-0.3, -0.25) is 9.59 Å². The molecule has 0 atom stereocenters. The van der Waals surface area contributed by atoms with E-state index in [0.717, 1.165) is 16.0 Å². The summed E-state index contributed by atoms with van der Waals surface area (Å²) in [7, 11) is -3.72. The third-order valence-electron chi connectivity index (χ3n) is 5.34. The number of carbonyl (C=O) groups is 2. The number of thiophene rings is 1. The number of anilines is 1. The van der Waals surface area contributed by atoms with Gasteiger partial charge in [-0.1, -0.05) is 30.3 Å². The zero-order valence-electron chi connectivity index (χ0n) is 18.1. The highest BCUT2D eigenvalue weighted by Gasteiger charge is 2.32. The molecule has 0 aliphatic carbocycles. The lowest BCUT2D eigenvalue weighted by Gasteiger charge is -2.16. The molecule has 2 aromatic carbocycles. The number of carbonyl (C=O) groups excluding carboxylic acids is 2. The van der Waals surface area contributed by atoms with Crippen LogP contribution in [0.2, 0.25) is 5.02 Å². The monoisotopic (exact) mass is 515 g/mol. The van der Waals surface area contributed by atoms with E-state index in [0.29, 0.717) is 28.6 Å². The van der Waals surface area contributed by atoms with E-state index in [1.165, 1.54) is 46.0 Å². The van der Waals surface area contributed by atoms with Crippen molar-refractivity contribution in [3.05, 3.63) is 93.8 Å². The van der Waals surface area contributed by atoms with E-state index >= 15 is 0 Å². The van der Waals surface area contributed by atoms with Crippen LogP contribution < -0.4 is 10.6 Å². The number of nitrogens with one attached hydrogen (secondary N) is 2. The summed E-state index contributed by atoms with van der Waals surface area (Å²) < 4.78 is 27.5. The third-order valence-corrected chi connectivity index (χ3v) is 8.46. The molecule has 0 spiro atoms. The van der Waals surface area contributed by atoms with Crippen LogP contribution in [0.3, 0.4) is 0 Å². The molecule has 7 nitrogen and oxygen atoms in total. The van der Waals surface area contributed by atoms with E-state index in [1.54, 1.807) is 12.1 Å². The van der Waals surface area contributed by atoms with Crippen molar-refractivity contribution >= 4 is 49.8 Å². The van der Waals surface area contributed by atoms with Crippen molar-refractivity contribution in [2.24, 2.45) is 0 Å². The van der Waals surface area contributed by atoms with Crippen LogP contribution in [0, 0.1) is 0 Å². The largest absolute Gasteiger partial charge is 0.352 e. The van der Waals surface area contributed by atoms with Crippen molar-refractivity contribution in [3.63, 3.8) is 0 Å². The predicted octanol–water partition coefficient (Wildman–Crippen LogP) is 4.20. The van der Waals surface area contributed by atoms with Gasteiger partial charge in [0, 0.05) is 35.1 Å². The van der Waals surface area contributed by atoms with Crippen LogP contribution in [0.25, 0.3) is 0 Å². The molecule has 3 aromatic rings. The van der Waals surface area contributed by atoms with Crippen molar-refractivity contribution in [2.75, 3.05) is 11.9 Å². The van der Waals surface area contributed by atoms with E-state index < -0.39 is 10.0 Å². The lowest BCUT2D eigenvalue weighted by Crippen LogP contribution is -2.27. The zero-order chi connectivity index (χ0) is 24.3. The second-order valence-corrected chi connectivity index (χ2v) is 11.2. The summed E-state index contributed by atoms with van der Waals surface area (Å²) in [5.74, 6) is -0.582. The second kappa shape index (κ2) is 10.1. The first-order valence-corrected chi connectivity index (χ1v) is 13.1. The minimum absolute atomic E-state index is 0.123. The highest BCUT2D eigenvalue weighted by Crippen LogP contribution is 2.36. The van der Waals surface area contributed by atoms with Crippen molar-refractivity contribution in [1.29, 1.82) is 0 Å². The van der Waals surface area contributed by atoms with Gasteiger partial charge in [-0.05, 0) is 66.1 Å². The number of amides is 2. The number of hydrogen-bond donors (Lipinski definition) is 2. The number of fused-ring (bicyclic) bond motifs is 1. The highest BCUT2D eigenvalue weighted by molar-refractivity contribution is 7.89. The fourth-order valence-corrected chi connectivity index (χ4v) is 6.36. The van der Waals surface area contributed by atoms with Crippen molar-refractivity contribution in [3.8, 4) is 0 Å². The molecule has 0 unspecified atom stereocenters. The molecular formula is C24H22ClN3O4S2. The molecule has 176 valence electrons. The van der Waals surface area contributed by atoms with Crippen molar-refractivity contribution in [1.82, 2.24) is 9.62 Å². The smallest absolute Gasteiger partial charge is 0.251 e. The summed E-state index contributed by atoms with van der Waals surface area (Å²) in [6.45, 7) is 4.32. The van der Waals surface area contributed by atoms with Crippen molar-refractivity contribution in [2.45, 2.75) is 24.4 Å². The number of rotatable bonds is 8. The van der Waals surface area contributed by atoms with E-state index in [1.807, 2.05) is 18.2 Å². The summed E-state index contributed by atoms with van der Waals surface area (Å²) in [5.41, 5.74) is 2.26. The Balaban J connectivity index is 1.35. The maximum absolute atomic E-state index is 13.1. The Morgan fingerprint density at radius 3 is 2.56 bits per heavy atom. The number of benzene rings is 2. The molecule has 34 heavy (non-hydrogen) atoms. The van der Waals surface area contributed by atoms with Crippen LogP contribution in [0.4, 0.5) is 5.00 Å². The number of hydrogen-bond acceptors (Lipinski definition) is 5. The van der Waals surface area contributed by atoms with Crippen LogP contribution in [0.5, 0.6) is 0 Å². The molecule has 2 N–H and O–H groups in total. The number of nitrogens with zero attached hydrogens (tertiary/aromatic N) is 1. The first-order valence-electron chi connectivity index (χ1n) is 10.4. The molecule has 1 aliphatic rings. The predicted molar refractivity (Wildman–Crippen MR) is 134 cm³/mol. The Morgan fingerprint density at radius 2 is 1.88 bits per heavy atom. The third kappa shape index (κ3) is 5.39. The van der Waals surface area contributed by atoms with E-state index in [2.05, 4.69) is 17.2 Å². The quantitative estimate of drug-likeness (QED) is 0.439. The average Bonchev–Trinajstić information content (AvgIpc) is 3.38. The Kier molecular flexibility index (Phi) is 7.18. The molecule has 0 saturated carbocycles. The van der Waals surface area contributed by atoms with Gasteiger partial charge in [0.1, 0.15) is 0 Å². The molecule has 4 rings (SSSR count). The minimum atomic E-state index is -3.72. The number of sulfonamides is 1. The number of halogens is 1. The molecular weight excluding hydrogens is 494 g/mol. The van der Waals surface area contributed by atoms with Gasteiger partial charge in [-0.25, -0.2) is 8.42 Å². The van der Waals surface area contributed by atoms with Crippen LogP contribution in [0.15, 0.2) is 72.1 Å². The second-order valence-electron chi connectivity index (χ2n) is 7.69. The summed E-state index contributed by atoms with van der Waals surface area (Å²) in [6, 6.07) is 15.1. The van der Waals surface area contributed by atoms with Crippen LogP contribution in [0.1, 0.15) is 26.4 Å². The molecule has 2 amide bonds. The van der Waals surface area contributed by atoms with Crippen molar-refractivity contribution < 1.29 is 18.0 Å². The SMILES string of the molecule is C=CC(=O)Nc1cc2c(s1)CN(S(=O)(=O)c1ccc(C(=O)NCCc3cccc(Cl)c3)cc1)C2. The normalized spacial score (nSPS) is 13.3. The Morgan fingerprint density at radius 1 is 1.12 bits per heavy atom. The zero-order valence-corrected chi connectivity index (χ0v) is 20.5. The van der Waals surface area contributed by atoms with Crippen LogP contribution in [-0.2, 0) is 34.3 Å². The molecule has 0 saturated heterocycles. The first-order chi connectivity index (χ1) is 16.3. The Labute approximate surface area is 207 Å². The van der Waals surface area contributed by atoms with Gasteiger partial charge in [0.25, 0.3) is 5.91 Å². The van der Waals surface area contributed by atoms with Gasteiger partial charge in [-0.2, -0.15) is 4.31 Å². The topological polar surface area (TPSA) is 95.6 Å². The lowest BCUT2D eigenvalue weighted by molar-refractivity contribution is -0.111. The summed E-state index contributed by atoms with van der Waals surface area (Å²) in [5, 5.41) is 6.85. The maximum atomic E-state index is 13.1. The van der Waals surface area contributed by atoms with Gasteiger partial charge >= 0.3 is 0 Å². The lowest BCUT2D eigenvalue weighted by atomic mass is 10.1. The van der Waals surface area contributed by atoms with Gasteiger partial charge in [-0.15, -0.1) is 11.3 Å². The fraction of sp³-hybridized carbons (Fsp3) is 0.167. The molecule has 2 heterocycles. The van der Waals surface area contributed by atoms with E-state index in [9.17, 15) is 18.0 Å². The average molecular weight is 516 g/mol. The van der Waals surface area contributed by atoms with Gasteiger partial charge in [0.15, 0.2) is 0 Å². The minimum Gasteiger partial charge on any atom is -0.352 e. The Hall–Kier alpha value is -2.98. The van der Waals surface area contributed by atoms with Crippen LogP contribution in [-0.4, -0.2) is 31.1 Å². The summed E-state index contributed by atoms with van der Waals surface area (Å²) in [4.78, 5) is 24.9. The first kappa shape index (κ1) is 24.2. The standard InChI is InChI=1S/C24H22ClN3O4S2/c1-2-22(29)27-23-13-18-14-28(15-21(18)33-23)34(31,32)20-8-6-17(7-9-20)24(30)26-11-10-16-4-3-5-19(25)12-16/h2-9,12-13H,1,10-11,14-15H2,(H,26,30)(H,27,29). The van der Waals surface area contributed by atoms with E-state index in [-0.39, 0.29) is 29.8 Å². The molecule has 0 radical (unpaired) electrons. The highest BCUT2D eigenvalue weighted by atomic mass is 35.5. The maximum Gasteiger partial charge on any atom is 0.251 e.